The monoisotopic (exact) mass is 171 g/mol. The summed E-state index contributed by atoms with van der Waals surface area (Å²) in [4.78, 5) is 0. The van der Waals surface area contributed by atoms with Gasteiger partial charge in [0.1, 0.15) is 6.33 Å². The molecule has 0 aromatic carbocycles. The van der Waals surface area contributed by atoms with Crippen molar-refractivity contribution in [1.82, 2.24) is 20.2 Å². The maximum Gasteiger partial charge on any atom is 0.138 e. The Labute approximate surface area is 70.4 Å². The van der Waals surface area contributed by atoms with E-state index in [1.54, 1.807) is 11.0 Å². The van der Waals surface area contributed by atoms with Gasteiger partial charge in [-0.25, -0.2) is 4.68 Å². The SMILES string of the molecule is NC(CO)CCCn1cnnn1. The molecular formula is C6H13N5O. The molecule has 0 saturated heterocycles. The van der Waals surface area contributed by atoms with Crippen molar-refractivity contribution in [2.75, 3.05) is 6.61 Å². The number of aryl methyl sites for hydroxylation is 1. The first-order valence-electron chi connectivity index (χ1n) is 3.90. The molecule has 0 spiro atoms. The first-order chi connectivity index (χ1) is 5.83. The zero-order chi connectivity index (χ0) is 8.81. The lowest BCUT2D eigenvalue weighted by Crippen LogP contribution is -2.24. The van der Waals surface area contributed by atoms with Gasteiger partial charge in [0.05, 0.1) is 6.61 Å². The van der Waals surface area contributed by atoms with Crippen LogP contribution in [-0.2, 0) is 6.54 Å². The van der Waals surface area contributed by atoms with Crippen LogP contribution in [0.3, 0.4) is 0 Å². The van der Waals surface area contributed by atoms with Crippen LogP contribution < -0.4 is 5.73 Å². The molecule has 0 amide bonds. The van der Waals surface area contributed by atoms with E-state index in [4.69, 9.17) is 10.8 Å². The summed E-state index contributed by atoms with van der Waals surface area (Å²) in [6.45, 7) is 0.788. The van der Waals surface area contributed by atoms with Crippen LogP contribution in [0.2, 0.25) is 0 Å². The molecule has 68 valence electrons. The van der Waals surface area contributed by atoms with E-state index in [0.717, 1.165) is 19.4 Å². The van der Waals surface area contributed by atoms with Crippen LogP contribution in [-0.4, -0.2) is 38.0 Å². The van der Waals surface area contributed by atoms with Crippen LogP contribution in [0.1, 0.15) is 12.8 Å². The second kappa shape index (κ2) is 4.78. The van der Waals surface area contributed by atoms with Crippen LogP contribution in [0.15, 0.2) is 6.33 Å². The zero-order valence-corrected chi connectivity index (χ0v) is 6.80. The minimum Gasteiger partial charge on any atom is -0.395 e. The van der Waals surface area contributed by atoms with Crippen molar-refractivity contribution < 1.29 is 5.11 Å². The molecule has 0 aliphatic heterocycles. The maximum atomic E-state index is 8.62. The average molecular weight is 171 g/mol. The number of tetrazole rings is 1. The number of aliphatic hydroxyl groups is 1. The number of hydrogen-bond donors (Lipinski definition) is 2. The van der Waals surface area contributed by atoms with E-state index >= 15 is 0 Å². The Morgan fingerprint density at radius 1 is 1.58 bits per heavy atom. The molecule has 12 heavy (non-hydrogen) atoms. The summed E-state index contributed by atoms with van der Waals surface area (Å²) < 4.78 is 1.64. The molecule has 0 saturated carbocycles. The summed E-state index contributed by atoms with van der Waals surface area (Å²) in [5, 5.41) is 19.3. The Bertz CT molecular complexity index is 200. The van der Waals surface area contributed by atoms with Gasteiger partial charge in [-0.3, -0.25) is 0 Å². The lowest BCUT2D eigenvalue weighted by atomic mass is 10.2. The van der Waals surface area contributed by atoms with Crippen molar-refractivity contribution in [3.63, 3.8) is 0 Å². The van der Waals surface area contributed by atoms with E-state index in [0.29, 0.717) is 0 Å². The van der Waals surface area contributed by atoms with Crippen molar-refractivity contribution in [3.05, 3.63) is 6.33 Å². The van der Waals surface area contributed by atoms with Crippen molar-refractivity contribution in [2.24, 2.45) is 5.73 Å². The summed E-state index contributed by atoms with van der Waals surface area (Å²) >= 11 is 0. The molecular weight excluding hydrogens is 158 g/mol. The summed E-state index contributed by atoms with van der Waals surface area (Å²) in [5.41, 5.74) is 5.50. The van der Waals surface area contributed by atoms with Gasteiger partial charge >= 0.3 is 0 Å². The number of nitrogens with zero attached hydrogens (tertiary/aromatic N) is 4. The van der Waals surface area contributed by atoms with E-state index in [1.165, 1.54) is 0 Å². The molecule has 1 rings (SSSR count). The predicted molar refractivity (Wildman–Crippen MR) is 42.1 cm³/mol. The fourth-order valence-corrected chi connectivity index (χ4v) is 0.889. The lowest BCUT2D eigenvalue weighted by molar-refractivity contribution is 0.256. The molecule has 0 aliphatic carbocycles. The van der Waals surface area contributed by atoms with E-state index in [2.05, 4.69) is 15.5 Å². The van der Waals surface area contributed by atoms with Gasteiger partial charge < -0.3 is 10.8 Å². The number of hydrogen-bond acceptors (Lipinski definition) is 5. The fourth-order valence-electron chi connectivity index (χ4n) is 0.889. The minimum atomic E-state index is -0.124. The van der Waals surface area contributed by atoms with Gasteiger partial charge in [-0.2, -0.15) is 0 Å². The molecule has 1 unspecified atom stereocenters. The third-order valence-electron chi connectivity index (χ3n) is 1.59. The third-order valence-corrected chi connectivity index (χ3v) is 1.59. The van der Waals surface area contributed by atoms with Gasteiger partial charge in [0, 0.05) is 12.6 Å². The smallest absolute Gasteiger partial charge is 0.138 e. The van der Waals surface area contributed by atoms with Gasteiger partial charge in [0.25, 0.3) is 0 Å². The Balaban J connectivity index is 2.11. The van der Waals surface area contributed by atoms with Crippen molar-refractivity contribution in [3.8, 4) is 0 Å². The summed E-state index contributed by atoms with van der Waals surface area (Å²) in [7, 11) is 0. The number of aromatic nitrogens is 4. The molecule has 6 nitrogen and oxygen atoms in total. The molecule has 0 aliphatic rings. The Morgan fingerprint density at radius 2 is 2.42 bits per heavy atom. The molecule has 1 aromatic heterocycles. The second-order valence-corrected chi connectivity index (χ2v) is 2.66. The van der Waals surface area contributed by atoms with Crippen LogP contribution >= 0.6 is 0 Å². The normalized spacial score (nSPS) is 13.2. The van der Waals surface area contributed by atoms with Gasteiger partial charge in [0.2, 0.25) is 0 Å². The Kier molecular flexibility index (Phi) is 3.62. The predicted octanol–water partition coefficient (Wildman–Crippen LogP) is -1.23. The molecule has 0 fully saturated rings. The molecule has 0 bridgehead atoms. The van der Waals surface area contributed by atoms with Crippen LogP contribution in [0.25, 0.3) is 0 Å². The quantitative estimate of drug-likeness (QED) is 0.579. The van der Waals surface area contributed by atoms with Crippen molar-refractivity contribution in [2.45, 2.75) is 25.4 Å². The highest BCUT2D eigenvalue weighted by molar-refractivity contribution is 4.58. The van der Waals surface area contributed by atoms with E-state index < -0.39 is 0 Å². The number of rotatable bonds is 5. The summed E-state index contributed by atoms with van der Waals surface area (Å²) in [6, 6.07) is -0.124. The first-order valence-corrected chi connectivity index (χ1v) is 3.90. The Morgan fingerprint density at radius 3 is 3.00 bits per heavy atom. The molecule has 1 aromatic rings. The first kappa shape index (κ1) is 9.08. The second-order valence-electron chi connectivity index (χ2n) is 2.66. The topological polar surface area (TPSA) is 89.8 Å². The molecule has 6 heteroatoms. The largest absolute Gasteiger partial charge is 0.395 e. The highest BCUT2D eigenvalue weighted by Gasteiger charge is 1.99. The zero-order valence-electron chi connectivity index (χ0n) is 6.80. The van der Waals surface area contributed by atoms with Gasteiger partial charge in [-0.15, -0.1) is 5.10 Å². The third kappa shape index (κ3) is 2.93. The van der Waals surface area contributed by atoms with Crippen molar-refractivity contribution in [1.29, 1.82) is 0 Å². The number of aliphatic hydroxyl groups excluding tert-OH is 1. The summed E-state index contributed by atoms with van der Waals surface area (Å²) in [5.74, 6) is 0. The lowest BCUT2D eigenvalue weighted by Gasteiger charge is -2.06. The molecule has 1 atom stereocenters. The highest BCUT2D eigenvalue weighted by Crippen LogP contribution is 1.95. The van der Waals surface area contributed by atoms with Gasteiger partial charge in [0.15, 0.2) is 0 Å². The van der Waals surface area contributed by atoms with E-state index in [1.807, 2.05) is 0 Å². The average Bonchev–Trinajstić information content (AvgIpc) is 2.57. The van der Waals surface area contributed by atoms with Crippen LogP contribution in [0.4, 0.5) is 0 Å². The standard InChI is InChI=1S/C6H13N5O/c7-6(4-12)2-1-3-11-5-8-9-10-11/h5-6,12H,1-4,7H2. The maximum absolute atomic E-state index is 8.62. The van der Waals surface area contributed by atoms with Gasteiger partial charge in [-0.05, 0) is 23.3 Å². The molecule has 3 N–H and O–H groups in total. The van der Waals surface area contributed by atoms with Crippen LogP contribution in [0.5, 0.6) is 0 Å². The van der Waals surface area contributed by atoms with Crippen LogP contribution in [0, 0.1) is 0 Å². The van der Waals surface area contributed by atoms with Gasteiger partial charge in [-0.1, -0.05) is 0 Å². The molecule has 1 heterocycles. The van der Waals surface area contributed by atoms with E-state index in [-0.39, 0.29) is 12.6 Å². The number of nitrogens with two attached hydrogens (primary N) is 1. The van der Waals surface area contributed by atoms with Crippen molar-refractivity contribution >= 4 is 0 Å². The Hall–Kier alpha value is -1.01. The van der Waals surface area contributed by atoms with E-state index in [9.17, 15) is 0 Å². The fraction of sp³-hybridized carbons (Fsp3) is 0.833. The highest BCUT2D eigenvalue weighted by atomic mass is 16.3. The minimum absolute atomic E-state index is 0.0373. The molecule has 0 radical (unpaired) electrons. The summed E-state index contributed by atoms with van der Waals surface area (Å²) in [6.07, 6.45) is 3.23.